The maximum Gasteiger partial charge on any atom is 0.0384 e. The van der Waals surface area contributed by atoms with Crippen LogP contribution in [-0.2, 0) is 6.42 Å². The van der Waals surface area contributed by atoms with E-state index < -0.39 is 0 Å². The Labute approximate surface area is 117 Å². The van der Waals surface area contributed by atoms with Crippen molar-refractivity contribution in [2.45, 2.75) is 20.3 Å². The van der Waals surface area contributed by atoms with Crippen LogP contribution < -0.4 is 5.32 Å². The highest BCUT2D eigenvalue weighted by Crippen LogP contribution is 2.20. The Hall–Kier alpha value is -1.28. The molecule has 18 heavy (non-hydrogen) atoms. The smallest absolute Gasteiger partial charge is 0.0384 e. The van der Waals surface area contributed by atoms with Crippen molar-refractivity contribution in [3.8, 4) is 0 Å². The van der Waals surface area contributed by atoms with Gasteiger partial charge in [-0.3, -0.25) is 0 Å². The van der Waals surface area contributed by atoms with Crippen LogP contribution in [0.4, 0.5) is 11.4 Å². The first kappa shape index (κ1) is 13.2. The standard InChI is InChI=1S/C16H18BrN/c1-12(2)11-13-3-7-15(8-4-13)18-16-9-5-14(17)6-10-16/h3-10,12,18H,11H2,1-2H3. The molecule has 2 aromatic rings. The molecule has 0 bridgehead atoms. The van der Waals surface area contributed by atoms with Gasteiger partial charge in [0.2, 0.25) is 0 Å². The van der Waals surface area contributed by atoms with E-state index in [1.165, 1.54) is 5.56 Å². The van der Waals surface area contributed by atoms with Gasteiger partial charge in [-0.1, -0.05) is 41.9 Å². The van der Waals surface area contributed by atoms with Gasteiger partial charge in [0.15, 0.2) is 0 Å². The lowest BCUT2D eigenvalue weighted by molar-refractivity contribution is 0.647. The van der Waals surface area contributed by atoms with Gasteiger partial charge in [-0.2, -0.15) is 0 Å². The molecule has 0 atom stereocenters. The molecule has 0 saturated carbocycles. The SMILES string of the molecule is CC(C)Cc1ccc(Nc2ccc(Br)cc2)cc1. The number of hydrogen-bond donors (Lipinski definition) is 1. The topological polar surface area (TPSA) is 12.0 Å². The van der Waals surface area contributed by atoms with Gasteiger partial charge in [-0.25, -0.2) is 0 Å². The summed E-state index contributed by atoms with van der Waals surface area (Å²) >= 11 is 3.44. The van der Waals surface area contributed by atoms with Gasteiger partial charge in [-0.05, 0) is 54.3 Å². The zero-order chi connectivity index (χ0) is 13.0. The monoisotopic (exact) mass is 303 g/mol. The van der Waals surface area contributed by atoms with Crippen molar-refractivity contribution in [2.24, 2.45) is 5.92 Å². The van der Waals surface area contributed by atoms with Crippen LogP contribution in [0.1, 0.15) is 19.4 Å². The van der Waals surface area contributed by atoms with E-state index in [4.69, 9.17) is 0 Å². The first-order valence-electron chi connectivity index (χ1n) is 6.25. The van der Waals surface area contributed by atoms with Crippen molar-refractivity contribution >= 4 is 27.3 Å². The molecular weight excluding hydrogens is 286 g/mol. The normalized spacial score (nSPS) is 10.7. The van der Waals surface area contributed by atoms with E-state index >= 15 is 0 Å². The second-order valence-electron chi connectivity index (χ2n) is 4.93. The first-order chi connectivity index (χ1) is 8.63. The number of benzene rings is 2. The van der Waals surface area contributed by atoms with Gasteiger partial charge < -0.3 is 5.32 Å². The third-order valence-electron chi connectivity index (χ3n) is 2.73. The minimum atomic E-state index is 0.704. The molecule has 94 valence electrons. The van der Waals surface area contributed by atoms with E-state index in [1.807, 2.05) is 12.1 Å². The van der Waals surface area contributed by atoms with E-state index in [1.54, 1.807) is 0 Å². The zero-order valence-electron chi connectivity index (χ0n) is 10.8. The molecule has 0 fully saturated rings. The fourth-order valence-corrected chi connectivity index (χ4v) is 2.16. The fourth-order valence-electron chi connectivity index (χ4n) is 1.90. The summed E-state index contributed by atoms with van der Waals surface area (Å²) in [6, 6.07) is 16.9. The minimum absolute atomic E-state index is 0.704. The van der Waals surface area contributed by atoms with E-state index in [0.717, 1.165) is 22.3 Å². The van der Waals surface area contributed by atoms with Gasteiger partial charge >= 0.3 is 0 Å². The fraction of sp³-hybridized carbons (Fsp3) is 0.250. The average molecular weight is 304 g/mol. The maximum atomic E-state index is 3.44. The largest absolute Gasteiger partial charge is 0.356 e. The Morgan fingerprint density at radius 1 is 0.889 bits per heavy atom. The lowest BCUT2D eigenvalue weighted by atomic mass is 10.0. The molecule has 0 amide bonds. The highest BCUT2D eigenvalue weighted by molar-refractivity contribution is 9.10. The summed E-state index contributed by atoms with van der Waals surface area (Å²) in [6.45, 7) is 4.49. The summed E-state index contributed by atoms with van der Waals surface area (Å²) in [5.74, 6) is 0.704. The molecule has 0 radical (unpaired) electrons. The number of halogens is 1. The number of rotatable bonds is 4. The van der Waals surface area contributed by atoms with Crippen LogP contribution in [0.25, 0.3) is 0 Å². The van der Waals surface area contributed by atoms with Crippen LogP contribution in [0.2, 0.25) is 0 Å². The molecule has 0 spiro atoms. The number of nitrogens with one attached hydrogen (secondary N) is 1. The van der Waals surface area contributed by atoms with Gasteiger partial charge in [0.1, 0.15) is 0 Å². The van der Waals surface area contributed by atoms with Crippen LogP contribution in [0.5, 0.6) is 0 Å². The lowest BCUT2D eigenvalue weighted by Crippen LogP contribution is -1.95. The van der Waals surface area contributed by atoms with E-state index in [9.17, 15) is 0 Å². The molecule has 0 aliphatic carbocycles. The molecule has 2 rings (SSSR count). The molecule has 0 aromatic heterocycles. The molecule has 0 aliphatic rings. The molecular formula is C16H18BrN. The maximum absolute atomic E-state index is 3.44. The molecule has 0 aliphatic heterocycles. The van der Waals surface area contributed by atoms with Crippen molar-refractivity contribution in [3.05, 3.63) is 58.6 Å². The molecule has 0 unspecified atom stereocenters. The summed E-state index contributed by atoms with van der Waals surface area (Å²) in [4.78, 5) is 0. The Morgan fingerprint density at radius 2 is 1.39 bits per heavy atom. The zero-order valence-corrected chi connectivity index (χ0v) is 12.4. The Bertz CT molecular complexity index is 486. The first-order valence-corrected chi connectivity index (χ1v) is 7.04. The van der Waals surface area contributed by atoms with Crippen LogP contribution in [0, 0.1) is 5.92 Å². The molecule has 1 nitrogen and oxygen atoms in total. The summed E-state index contributed by atoms with van der Waals surface area (Å²) in [5, 5.41) is 3.39. The van der Waals surface area contributed by atoms with Crippen LogP contribution >= 0.6 is 15.9 Å². The highest BCUT2D eigenvalue weighted by atomic mass is 79.9. The predicted molar refractivity (Wildman–Crippen MR) is 82.4 cm³/mol. The Balaban J connectivity index is 2.04. The molecule has 1 N–H and O–H groups in total. The van der Waals surface area contributed by atoms with Gasteiger partial charge in [-0.15, -0.1) is 0 Å². The van der Waals surface area contributed by atoms with E-state index in [2.05, 4.69) is 71.5 Å². The molecule has 2 aromatic carbocycles. The second-order valence-corrected chi connectivity index (χ2v) is 5.84. The van der Waals surface area contributed by atoms with Crippen LogP contribution in [0.15, 0.2) is 53.0 Å². The van der Waals surface area contributed by atoms with Gasteiger partial charge in [0.05, 0.1) is 0 Å². The number of anilines is 2. The average Bonchev–Trinajstić information content (AvgIpc) is 2.34. The lowest BCUT2D eigenvalue weighted by Gasteiger charge is -2.09. The molecule has 0 saturated heterocycles. The summed E-state index contributed by atoms with van der Waals surface area (Å²) in [5.41, 5.74) is 3.63. The summed E-state index contributed by atoms with van der Waals surface area (Å²) in [6.07, 6.45) is 1.14. The molecule has 2 heteroatoms. The van der Waals surface area contributed by atoms with Crippen LogP contribution in [-0.4, -0.2) is 0 Å². The Kier molecular flexibility index (Phi) is 4.43. The minimum Gasteiger partial charge on any atom is -0.356 e. The van der Waals surface area contributed by atoms with Gasteiger partial charge in [0.25, 0.3) is 0 Å². The second kappa shape index (κ2) is 6.05. The summed E-state index contributed by atoms with van der Waals surface area (Å²) in [7, 11) is 0. The van der Waals surface area contributed by atoms with Crippen molar-refractivity contribution in [1.82, 2.24) is 0 Å². The quantitative estimate of drug-likeness (QED) is 0.798. The number of hydrogen-bond acceptors (Lipinski definition) is 1. The van der Waals surface area contributed by atoms with E-state index in [-0.39, 0.29) is 0 Å². The van der Waals surface area contributed by atoms with Crippen molar-refractivity contribution in [2.75, 3.05) is 5.32 Å². The van der Waals surface area contributed by atoms with Crippen molar-refractivity contribution < 1.29 is 0 Å². The predicted octanol–water partition coefficient (Wildman–Crippen LogP) is 5.39. The van der Waals surface area contributed by atoms with Gasteiger partial charge in [0, 0.05) is 15.8 Å². The summed E-state index contributed by atoms with van der Waals surface area (Å²) < 4.78 is 1.10. The van der Waals surface area contributed by atoms with E-state index in [0.29, 0.717) is 5.92 Å². The van der Waals surface area contributed by atoms with Crippen LogP contribution in [0.3, 0.4) is 0 Å². The Morgan fingerprint density at radius 3 is 1.89 bits per heavy atom. The molecule has 0 heterocycles. The third-order valence-corrected chi connectivity index (χ3v) is 3.26. The van der Waals surface area contributed by atoms with Crippen molar-refractivity contribution in [1.29, 1.82) is 0 Å². The third kappa shape index (κ3) is 3.88. The van der Waals surface area contributed by atoms with Crippen molar-refractivity contribution in [3.63, 3.8) is 0 Å². The highest BCUT2D eigenvalue weighted by Gasteiger charge is 1.99.